The van der Waals surface area contributed by atoms with Crippen LogP contribution in [0.15, 0.2) is 0 Å². The maximum absolute atomic E-state index is 5.63. The molecule has 1 fully saturated rings. The molecule has 2 atom stereocenters. The lowest BCUT2D eigenvalue weighted by molar-refractivity contribution is 0.112. The number of halogens is 1. The van der Waals surface area contributed by atoms with Crippen LogP contribution in [0.25, 0.3) is 0 Å². The highest BCUT2D eigenvalue weighted by molar-refractivity contribution is 9.09. The van der Waals surface area contributed by atoms with Gasteiger partial charge >= 0.3 is 0 Å². The quantitative estimate of drug-likeness (QED) is 0.520. The predicted molar refractivity (Wildman–Crippen MR) is 64.9 cm³/mol. The summed E-state index contributed by atoms with van der Waals surface area (Å²) in [6.45, 7) is 6.39. The van der Waals surface area contributed by atoms with E-state index in [0.717, 1.165) is 29.9 Å². The first-order valence-corrected chi connectivity index (χ1v) is 6.83. The monoisotopic (exact) mass is 262 g/mol. The van der Waals surface area contributed by atoms with Gasteiger partial charge in [-0.05, 0) is 37.5 Å². The highest BCUT2D eigenvalue weighted by Crippen LogP contribution is 2.33. The van der Waals surface area contributed by atoms with E-state index in [0.29, 0.717) is 0 Å². The Balaban J connectivity index is 1.93. The van der Waals surface area contributed by atoms with Crippen molar-refractivity contribution >= 4 is 15.9 Å². The van der Waals surface area contributed by atoms with Gasteiger partial charge in [0.05, 0.1) is 0 Å². The average molecular weight is 263 g/mol. The van der Waals surface area contributed by atoms with Gasteiger partial charge in [0.15, 0.2) is 0 Å². The standard InChI is InChI=1S/C12H23BrO/c1-10(2)6-8-14-9-7-11-4-3-5-12(11)13/h10-12H,3-9H2,1-2H3. The summed E-state index contributed by atoms with van der Waals surface area (Å²) >= 11 is 3.74. The van der Waals surface area contributed by atoms with Crippen LogP contribution in [-0.4, -0.2) is 18.0 Å². The minimum Gasteiger partial charge on any atom is -0.381 e. The molecule has 1 nitrogen and oxygen atoms in total. The van der Waals surface area contributed by atoms with Crippen molar-refractivity contribution in [2.75, 3.05) is 13.2 Å². The Labute approximate surface area is 96.7 Å². The molecule has 0 aromatic heterocycles. The first-order valence-electron chi connectivity index (χ1n) is 5.92. The van der Waals surface area contributed by atoms with Crippen molar-refractivity contribution in [1.29, 1.82) is 0 Å². The number of alkyl halides is 1. The molecular formula is C12H23BrO. The van der Waals surface area contributed by atoms with Crippen LogP contribution in [0.3, 0.4) is 0 Å². The lowest BCUT2D eigenvalue weighted by Crippen LogP contribution is -2.10. The number of ether oxygens (including phenoxy) is 1. The van der Waals surface area contributed by atoms with Gasteiger partial charge in [-0.3, -0.25) is 0 Å². The van der Waals surface area contributed by atoms with Crippen LogP contribution in [0.2, 0.25) is 0 Å². The topological polar surface area (TPSA) is 9.23 Å². The minimum absolute atomic E-state index is 0.760. The van der Waals surface area contributed by atoms with Crippen molar-refractivity contribution in [3.63, 3.8) is 0 Å². The highest BCUT2D eigenvalue weighted by Gasteiger charge is 2.24. The summed E-state index contributed by atoms with van der Waals surface area (Å²) in [5.74, 6) is 1.64. The second-order valence-corrected chi connectivity index (χ2v) is 5.97. The van der Waals surface area contributed by atoms with Gasteiger partial charge in [-0.25, -0.2) is 0 Å². The molecule has 2 heteroatoms. The molecule has 0 spiro atoms. The summed E-state index contributed by atoms with van der Waals surface area (Å²) in [4.78, 5) is 0.760. The third kappa shape index (κ3) is 4.79. The molecule has 0 bridgehead atoms. The van der Waals surface area contributed by atoms with E-state index in [9.17, 15) is 0 Å². The van der Waals surface area contributed by atoms with Crippen molar-refractivity contribution in [1.82, 2.24) is 0 Å². The SMILES string of the molecule is CC(C)CCOCCC1CCCC1Br. The minimum atomic E-state index is 0.760. The summed E-state index contributed by atoms with van der Waals surface area (Å²) in [6, 6.07) is 0. The van der Waals surface area contributed by atoms with E-state index < -0.39 is 0 Å². The Bertz CT molecular complexity index is 147. The average Bonchev–Trinajstić information content (AvgIpc) is 2.51. The molecule has 1 aliphatic rings. The van der Waals surface area contributed by atoms with Gasteiger partial charge in [-0.2, -0.15) is 0 Å². The third-order valence-electron chi connectivity index (χ3n) is 3.04. The van der Waals surface area contributed by atoms with E-state index in [1.54, 1.807) is 0 Å². The van der Waals surface area contributed by atoms with Crippen LogP contribution in [-0.2, 0) is 4.74 Å². The zero-order valence-electron chi connectivity index (χ0n) is 9.47. The molecule has 84 valence electrons. The van der Waals surface area contributed by atoms with Crippen LogP contribution >= 0.6 is 15.9 Å². The Morgan fingerprint density at radius 2 is 2.07 bits per heavy atom. The predicted octanol–water partition coefficient (Wildman–Crippen LogP) is 4.00. The van der Waals surface area contributed by atoms with E-state index >= 15 is 0 Å². The van der Waals surface area contributed by atoms with E-state index in [1.165, 1.54) is 32.1 Å². The van der Waals surface area contributed by atoms with Crippen LogP contribution in [0, 0.1) is 11.8 Å². The summed E-state index contributed by atoms with van der Waals surface area (Å²) in [7, 11) is 0. The lowest BCUT2D eigenvalue weighted by atomic mass is 10.1. The van der Waals surface area contributed by atoms with Gasteiger partial charge in [0.2, 0.25) is 0 Å². The Kier molecular flexibility index (Phi) is 6.11. The summed E-state index contributed by atoms with van der Waals surface area (Å²) in [5.41, 5.74) is 0. The maximum atomic E-state index is 5.63. The fraction of sp³-hybridized carbons (Fsp3) is 1.00. The fourth-order valence-electron chi connectivity index (χ4n) is 1.97. The molecule has 1 saturated carbocycles. The van der Waals surface area contributed by atoms with Crippen LogP contribution in [0.5, 0.6) is 0 Å². The van der Waals surface area contributed by atoms with Gasteiger partial charge < -0.3 is 4.74 Å². The number of rotatable bonds is 6. The van der Waals surface area contributed by atoms with Crippen molar-refractivity contribution in [3.8, 4) is 0 Å². The lowest BCUT2D eigenvalue weighted by Gasteiger charge is -2.13. The first kappa shape index (κ1) is 12.5. The van der Waals surface area contributed by atoms with Crippen molar-refractivity contribution < 1.29 is 4.74 Å². The molecule has 0 heterocycles. The molecule has 0 amide bonds. The summed E-state index contributed by atoms with van der Waals surface area (Å²) < 4.78 is 5.63. The van der Waals surface area contributed by atoms with Crippen LogP contribution in [0.4, 0.5) is 0 Å². The van der Waals surface area contributed by atoms with Gasteiger partial charge in [0.25, 0.3) is 0 Å². The molecule has 0 saturated heterocycles. The van der Waals surface area contributed by atoms with E-state index in [-0.39, 0.29) is 0 Å². The second kappa shape index (κ2) is 6.84. The summed E-state index contributed by atoms with van der Waals surface area (Å²) in [5, 5.41) is 0. The third-order valence-corrected chi connectivity index (χ3v) is 4.24. The molecule has 0 radical (unpaired) electrons. The second-order valence-electron chi connectivity index (χ2n) is 4.79. The van der Waals surface area contributed by atoms with Gasteiger partial charge in [0.1, 0.15) is 0 Å². The van der Waals surface area contributed by atoms with Crippen LogP contribution < -0.4 is 0 Å². The van der Waals surface area contributed by atoms with Gasteiger partial charge in [0, 0.05) is 18.0 Å². The summed E-state index contributed by atoms with van der Waals surface area (Å²) in [6.07, 6.45) is 6.59. The van der Waals surface area contributed by atoms with Crippen molar-refractivity contribution in [2.45, 2.75) is 50.8 Å². The van der Waals surface area contributed by atoms with Crippen molar-refractivity contribution in [2.24, 2.45) is 11.8 Å². The maximum Gasteiger partial charge on any atom is 0.0469 e. The Morgan fingerprint density at radius 1 is 1.29 bits per heavy atom. The largest absolute Gasteiger partial charge is 0.381 e. The smallest absolute Gasteiger partial charge is 0.0469 e. The zero-order valence-corrected chi connectivity index (χ0v) is 11.1. The number of hydrogen-bond donors (Lipinski definition) is 0. The zero-order chi connectivity index (χ0) is 10.4. The molecule has 0 aromatic rings. The van der Waals surface area contributed by atoms with Gasteiger partial charge in [-0.1, -0.05) is 36.2 Å². The van der Waals surface area contributed by atoms with E-state index in [1.807, 2.05) is 0 Å². The normalized spacial score (nSPS) is 27.4. The Morgan fingerprint density at radius 3 is 2.64 bits per heavy atom. The number of hydrogen-bond acceptors (Lipinski definition) is 1. The van der Waals surface area contributed by atoms with Crippen LogP contribution in [0.1, 0.15) is 46.0 Å². The highest BCUT2D eigenvalue weighted by atomic mass is 79.9. The Hall–Kier alpha value is 0.440. The molecule has 1 aliphatic carbocycles. The first-order chi connectivity index (χ1) is 6.70. The molecule has 1 rings (SSSR count). The molecule has 0 aliphatic heterocycles. The van der Waals surface area contributed by atoms with Crippen molar-refractivity contribution in [3.05, 3.63) is 0 Å². The fourth-order valence-corrected chi connectivity index (χ4v) is 2.82. The van der Waals surface area contributed by atoms with E-state index in [4.69, 9.17) is 4.74 Å². The molecular weight excluding hydrogens is 240 g/mol. The molecule has 0 aromatic carbocycles. The molecule has 14 heavy (non-hydrogen) atoms. The van der Waals surface area contributed by atoms with Gasteiger partial charge in [-0.15, -0.1) is 0 Å². The molecule has 0 N–H and O–H groups in total. The molecule has 2 unspecified atom stereocenters. The van der Waals surface area contributed by atoms with E-state index in [2.05, 4.69) is 29.8 Å².